The largest absolute Gasteiger partial charge is 0.480 e. The van der Waals surface area contributed by atoms with Crippen molar-refractivity contribution >= 4 is 23.8 Å². The molecule has 0 aromatic rings. The first-order valence-corrected chi connectivity index (χ1v) is 7.34. The van der Waals surface area contributed by atoms with Crippen molar-refractivity contribution in [2.24, 2.45) is 5.41 Å². The Morgan fingerprint density at radius 3 is 2.28 bits per heavy atom. The molecular weight excluding hydrogens is 252 g/mol. The van der Waals surface area contributed by atoms with E-state index in [2.05, 4.69) is 10.6 Å². The van der Waals surface area contributed by atoms with Gasteiger partial charge >= 0.3 is 12.0 Å². The highest BCUT2D eigenvalue weighted by molar-refractivity contribution is 7.99. The van der Waals surface area contributed by atoms with Gasteiger partial charge in [-0.15, -0.1) is 0 Å². The number of hydrogen-bond acceptors (Lipinski definition) is 3. The second-order valence-corrected chi connectivity index (χ2v) is 6.87. The maximum Gasteiger partial charge on any atom is 0.326 e. The molecule has 1 atom stereocenters. The van der Waals surface area contributed by atoms with Gasteiger partial charge in [0.1, 0.15) is 6.04 Å². The second kappa shape index (κ2) is 6.31. The normalized spacial score (nSPS) is 19.1. The standard InChI is InChI=1S/C12H22N2O3S/c1-12(2,3)9(10(15)16)14-11(17)13-8-4-6-18-7-5-8/h8-9H,4-7H2,1-3H3,(H,15,16)(H2,13,14,17). The zero-order chi connectivity index (χ0) is 13.8. The Labute approximate surface area is 112 Å². The summed E-state index contributed by atoms with van der Waals surface area (Å²) in [7, 11) is 0. The van der Waals surface area contributed by atoms with Gasteiger partial charge in [-0.2, -0.15) is 11.8 Å². The molecule has 0 bridgehead atoms. The van der Waals surface area contributed by atoms with Gasteiger partial charge in [0, 0.05) is 6.04 Å². The third-order valence-electron chi connectivity index (χ3n) is 2.94. The lowest BCUT2D eigenvalue weighted by Gasteiger charge is -2.29. The summed E-state index contributed by atoms with van der Waals surface area (Å²) in [6.45, 7) is 5.38. The van der Waals surface area contributed by atoms with Gasteiger partial charge in [-0.1, -0.05) is 20.8 Å². The van der Waals surface area contributed by atoms with E-state index in [1.54, 1.807) is 20.8 Å². The van der Waals surface area contributed by atoms with Gasteiger partial charge in [-0.05, 0) is 29.8 Å². The maximum absolute atomic E-state index is 11.8. The van der Waals surface area contributed by atoms with Crippen LogP contribution in [-0.2, 0) is 4.79 Å². The Morgan fingerprint density at radius 1 is 1.28 bits per heavy atom. The summed E-state index contributed by atoms with van der Waals surface area (Å²) in [5.41, 5.74) is -0.508. The smallest absolute Gasteiger partial charge is 0.326 e. The molecule has 1 fully saturated rings. The van der Waals surface area contributed by atoms with Gasteiger partial charge in [0.2, 0.25) is 0 Å². The zero-order valence-corrected chi connectivity index (χ0v) is 12.0. The van der Waals surface area contributed by atoms with Gasteiger partial charge < -0.3 is 15.7 Å². The Hall–Kier alpha value is -0.910. The monoisotopic (exact) mass is 274 g/mol. The molecule has 1 heterocycles. The lowest BCUT2D eigenvalue weighted by molar-refractivity contribution is -0.141. The first-order valence-electron chi connectivity index (χ1n) is 6.18. The van der Waals surface area contributed by atoms with Gasteiger partial charge in [0.25, 0.3) is 0 Å². The second-order valence-electron chi connectivity index (χ2n) is 5.64. The van der Waals surface area contributed by atoms with Crippen LogP contribution in [0.25, 0.3) is 0 Å². The Kier molecular flexibility index (Phi) is 5.31. The number of carbonyl (C=O) groups is 2. The van der Waals surface area contributed by atoms with Crippen LogP contribution in [0.4, 0.5) is 4.79 Å². The van der Waals surface area contributed by atoms with Crippen molar-refractivity contribution in [1.29, 1.82) is 0 Å². The number of rotatable bonds is 3. The number of nitrogens with one attached hydrogen (secondary N) is 2. The highest BCUT2D eigenvalue weighted by Gasteiger charge is 2.33. The Bertz CT molecular complexity index is 309. The van der Waals surface area contributed by atoms with E-state index in [1.807, 2.05) is 11.8 Å². The number of aliphatic carboxylic acids is 1. The minimum Gasteiger partial charge on any atom is -0.480 e. The lowest BCUT2D eigenvalue weighted by Crippen LogP contribution is -2.54. The van der Waals surface area contributed by atoms with Crippen molar-refractivity contribution in [1.82, 2.24) is 10.6 Å². The van der Waals surface area contributed by atoms with Gasteiger partial charge in [0.05, 0.1) is 0 Å². The highest BCUT2D eigenvalue weighted by Crippen LogP contribution is 2.20. The van der Waals surface area contributed by atoms with Crippen molar-refractivity contribution in [2.45, 2.75) is 45.7 Å². The molecule has 0 aromatic carbocycles. The predicted molar refractivity (Wildman–Crippen MR) is 72.9 cm³/mol. The molecule has 0 spiro atoms. The molecule has 1 saturated heterocycles. The third kappa shape index (κ3) is 4.76. The molecular formula is C12H22N2O3S. The van der Waals surface area contributed by atoms with Gasteiger partial charge in [0.15, 0.2) is 0 Å². The molecule has 2 amide bonds. The number of carboxylic acid groups (broad SMARTS) is 1. The Morgan fingerprint density at radius 2 is 1.83 bits per heavy atom. The van der Waals surface area contributed by atoms with Crippen molar-refractivity contribution < 1.29 is 14.7 Å². The fourth-order valence-corrected chi connectivity index (χ4v) is 2.96. The van der Waals surface area contributed by atoms with E-state index >= 15 is 0 Å². The quantitative estimate of drug-likeness (QED) is 0.731. The molecule has 3 N–H and O–H groups in total. The fraction of sp³-hybridized carbons (Fsp3) is 0.833. The van der Waals surface area contributed by atoms with E-state index in [4.69, 9.17) is 5.11 Å². The molecule has 104 valence electrons. The molecule has 1 aliphatic heterocycles. The zero-order valence-electron chi connectivity index (χ0n) is 11.2. The van der Waals surface area contributed by atoms with Gasteiger partial charge in [-0.25, -0.2) is 9.59 Å². The van der Waals surface area contributed by atoms with Crippen LogP contribution >= 0.6 is 11.8 Å². The molecule has 1 aliphatic rings. The van der Waals surface area contributed by atoms with Crippen LogP contribution in [0.5, 0.6) is 0 Å². The molecule has 0 radical (unpaired) electrons. The summed E-state index contributed by atoms with van der Waals surface area (Å²) in [5, 5.41) is 14.5. The molecule has 5 nitrogen and oxygen atoms in total. The minimum atomic E-state index is -1.00. The summed E-state index contributed by atoms with van der Waals surface area (Å²) < 4.78 is 0. The van der Waals surface area contributed by atoms with E-state index < -0.39 is 17.4 Å². The van der Waals surface area contributed by atoms with E-state index in [-0.39, 0.29) is 12.1 Å². The average molecular weight is 274 g/mol. The average Bonchev–Trinajstić information content (AvgIpc) is 2.25. The molecule has 1 rings (SSSR count). The first kappa shape index (κ1) is 15.1. The molecule has 18 heavy (non-hydrogen) atoms. The molecule has 6 heteroatoms. The van der Waals surface area contributed by atoms with Crippen LogP contribution in [0.3, 0.4) is 0 Å². The van der Waals surface area contributed by atoms with E-state index in [1.165, 1.54) is 0 Å². The number of carboxylic acids is 1. The fourth-order valence-electron chi connectivity index (χ4n) is 1.85. The van der Waals surface area contributed by atoms with Crippen molar-refractivity contribution in [3.8, 4) is 0 Å². The Balaban J connectivity index is 2.48. The maximum atomic E-state index is 11.8. The number of hydrogen-bond donors (Lipinski definition) is 3. The van der Waals surface area contributed by atoms with Crippen molar-refractivity contribution in [3.05, 3.63) is 0 Å². The van der Waals surface area contributed by atoms with Crippen LogP contribution in [-0.4, -0.2) is 40.7 Å². The van der Waals surface area contributed by atoms with Crippen LogP contribution < -0.4 is 10.6 Å². The molecule has 0 aliphatic carbocycles. The van der Waals surface area contributed by atoms with Crippen molar-refractivity contribution in [3.63, 3.8) is 0 Å². The summed E-state index contributed by atoms with van der Waals surface area (Å²) in [6.07, 6.45) is 1.90. The van der Waals surface area contributed by atoms with E-state index in [0.717, 1.165) is 24.3 Å². The van der Waals surface area contributed by atoms with E-state index in [9.17, 15) is 9.59 Å². The highest BCUT2D eigenvalue weighted by atomic mass is 32.2. The molecule has 0 saturated carbocycles. The third-order valence-corrected chi connectivity index (χ3v) is 3.99. The van der Waals surface area contributed by atoms with Gasteiger partial charge in [-0.3, -0.25) is 0 Å². The van der Waals surface area contributed by atoms with Crippen LogP contribution in [0.2, 0.25) is 0 Å². The SMILES string of the molecule is CC(C)(C)C(NC(=O)NC1CCSCC1)C(=O)O. The first-order chi connectivity index (χ1) is 8.30. The summed E-state index contributed by atoms with van der Waals surface area (Å²) in [4.78, 5) is 22.9. The summed E-state index contributed by atoms with van der Waals surface area (Å²) >= 11 is 1.88. The van der Waals surface area contributed by atoms with Crippen LogP contribution in [0, 0.1) is 5.41 Å². The number of amides is 2. The predicted octanol–water partition coefficient (Wildman–Crippen LogP) is 1.68. The molecule has 0 aromatic heterocycles. The van der Waals surface area contributed by atoms with Crippen molar-refractivity contribution in [2.75, 3.05) is 11.5 Å². The van der Waals surface area contributed by atoms with Crippen LogP contribution in [0.15, 0.2) is 0 Å². The number of carbonyl (C=O) groups excluding carboxylic acids is 1. The summed E-state index contributed by atoms with van der Waals surface area (Å²) in [6, 6.07) is -1.09. The lowest BCUT2D eigenvalue weighted by atomic mass is 9.87. The van der Waals surface area contributed by atoms with E-state index in [0.29, 0.717) is 0 Å². The minimum absolute atomic E-state index is 0.167. The molecule has 1 unspecified atom stereocenters. The van der Waals surface area contributed by atoms with Crippen LogP contribution in [0.1, 0.15) is 33.6 Å². The number of thioether (sulfide) groups is 1. The topological polar surface area (TPSA) is 78.4 Å². The summed E-state index contributed by atoms with van der Waals surface area (Å²) in [5.74, 6) is 1.09. The number of urea groups is 1.